The third kappa shape index (κ3) is 4.35. The summed E-state index contributed by atoms with van der Waals surface area (Å²) in [6.07, 6.45) is 4.05. The van der Waals surface area contributed by atoms with E-state index in [1.807, 2.05) is 42.3 Å². The van der Waals surface area contributed by atoms with Crippen LogP contribution in [0.5, 0.6) is 0 Å². The van der Waals surface area contributed by atoms with E-state index in [9.17, 15) is 14.7 Å². The molecule has 1 aliphatic carbocycles. The Bertz CT molecular complexity index is 742. The second-order valence-corrected chi connectivity index (χ2v) is 6.34. The zero-order chi connectivity index (χ0) is 17.8. The van der Waals surface area contributed by atoms with Crippen LogP contribution in [0.1, 0.15) is 29.6 Å². The normalized spacial score (nSPS) is 14.6. The molecule has 1 saturated carbocycles. The summed E-state index contributed by atoms with van der Waals surface area (Å²) in [4.78, 5) is 29.8. The van der Waals surface area contributed by atoms with Crippen molar-refractivity contribution in [2.45, 2.75) is 25.3 Å². The Balaban J connectivity index is 1.66. The number of hydrogen-bond donors (Lipinski definition) is 2. The summed E-state index contributed by atoms with van der Waals surface area (Å²) in [5.74, 6) is -0.278. The van der Waals surface area contributed by atoms with E-state index in [4.69, 9.17) is 0 Å². The van der Waals surface area contributed by atoms with Gasteiger partial charge in [-0.05, 0) is 36.6 Å². The van der Waals surface area contributed by atoms with Crippen molar-refractivity contribution < 1.29 is 14.7 Å². The number of pyridine rings is 1. The summed E-state index contributed by atoms with van der Waals surface area (Å²) in [6, 6.07) is 12.3. The zero-order valence-corrected chi connectivity index (χ0v) is 14.1. The van der Waals surface area contributed by atoms with Gasteiger partial charge in [0.15, 0.2) is 0 Å². The van der Waals surface area contributed by atoms with Gasteiger partial charge < -0.3 is 15.3 Å². The Morgan fingerprint density at radius 2 is 1.96 bits per heavy atom. The summed E-state index contributed by atoms with van der Waals surface area (Å²) in [5.41, 5.74) is 1.34. The molecule has 0 saturated heterocycles. The lowest BCUT2D eigenvalue weighted by Gasteiger charge is -2.18. The molecule has 1 aliphatic rings. The predicted molar refractivity (Wildman–Crippen MR) is 95.0 cm³/mol. The Morgan fingerprint density at radius 1 is 1.24 bits per heavy atom. The third-order valence-corrected chi connectivity index (χ3v) is 4.37. The second kappa shape index (κ2) is 7.34. The van der Waals surface area contributed by atoms with Crippen LogP contribution in [0.3, 0.4) is 0 Å². The first-order chi connectivity index (χ1) is 12.0. The maximum absolute atomic E-state index is 12.3. The van der Waals surface area contributed by atoms with Crippen LogP contribution in [0, 0.1) is 5.92 Å². The van der Waals surface area contributed by atoms with Crippen molar-refractivity contribution in [2.24, 2.45) is 5.92 Å². The highest BCUT2D eigenvalue weighted by Crippen LogP contribution is 2.33. The molecule has 6 nitrogen and oxygen atoms in total. The monoisotopic (exact) mass is 339 g/mol. The molecule has 2 N–H and O–H groups in total. The van der Waals surface area contributed by atoms with Crippen molar-refractivity contribution in [3.05, 3.63) is 54.2 Å². The van der Waals surface area contributed by atoms with Gasteiger partial charge in [-0.2, -0.15) is 0 Å². The fourth-order valence-corrected chi connectivity index (χ4v) is 2.65. The molecule has 1 amide bonds. The second-order valence-electron chi connectivity index (χ2n) is 6.34. The number of carboxylic acids is 1. The average Bonchev–Trinajstić information content (AvgIpc) is 3.45. The van der Waals surface area contributed by atoms with Crippen molar-refractivity contribution in [1.82, 2.24) is 10.3 Å². The number of carboxylic acid groups (broad SMARTS) is 1. The number of amides is 1. The number of anilines is 2. The molecule has 1 fully saturated rings. The standard InChI is InChI=1S/C19H21N3O3/c1-22(15-5-3-2-4-6-15)17-10-9-14(12-20-17)18(23)21-16(19(24)25)11-13-7-8-13/h2-6,9-10,12-13,16H,7-8,11H2,1H3,(H,21,23)(H,24,25). The van der Waals surface area contributed by atoms with Gasteiger partial charge in [-0.15, -0.1) is 0 Å². The lowest BCUT2D eigenvalue weighted by molar-refractivity contribution is -0.139. The molecule has 25 heavy (non-hydrogen) atoms. The van der Waals surface area contributed by atoms with Gasteiger partial charge in [-0.1, -0.05) is 31.0 Å². The van der Waals surface area contributed by atoms with Gasteiger partial charge in [-0.3, -0.25) is 4.79 Å². The number of aromatic nitrogens is 1. The van der Waals surface area contributed by atoms with Crippen LogP contribution in [-0.2, 0) is 4.79 Å². The number of nitrogens with one attached hydrogen (secondary N) is 1. The van der Waals surface area contributed by atoms with Crippen LogP contribution < -0.4 is 10.2 Å². The first-order valence-electron chi connectivity index (χ1n) is 8.33. The number of nitrogens with zero attached hydrogens (tertiary/aromatic N) is 2. The SMILES string of the molecule is CN(c1ccccc1)c1ccc(C(=O)NC(CC2CC2)C(=O)O)cn1. The molecule has 0 bridgehead atoms. The largest absolute Gasteiger partial charge is 0.480 e. The molecule has 3 rings (SSSR count). The quantitative estimate of drug-likeness (QED) is 0.810. The molecule has 1 unspecified atom stereocenters. The minimum atomic E-state index is -0.992. The van der Waals surface area contributed by atoms with Gasteiger partial charge in [-0.25, -0.2) is 9.78 Å². The third-order valence-electron chi connectivity index (χ3n) is 4.37. The number of carbonyl (C=O) groups is 2. The average molecular weight is 339 g/mol. The van der Waals surface area contributed by atoms with Gasteiger partial charge in [0, 0.05) is 18.9 Å². The van der Waals surface area contributed by atoms with Crippen LogP contribution >= 0.6 is 0 Å². The first-order valence-corrected chi connectivity index (χ1v) is 8.33. The molecule has 1 aromatic heterocycles. The molecule has 1 heterocycles. The Kier molecular flexibility index (Phi) is 4.97. The number of hydrogen-bond acceptors (Lipinski definition) is 4. The molecule has 130 valence electrons. The van der Waals surface area contributed by atoms with E-state index >= 15 is 0 Å². The van der Waals surface area contributed by atoms with Gasteiger partial charge >= 0.3 is 5.97 Å². The molecule has 0 aliphatic heterocycles. The highest BCUT2D eigenvalue weighted by Gasteiger charge is 2.30. The van der Waals surface area contributed by atoms with Crippen LogP contribution in [0.2, 0.25) is 0 Å². The molecular formula is C19H21N3O3. The number of benzene rings is 1. The summed E-state index contributed by atoms with van der Waals surface area (Å²) in [6.45, 7) is 0. The predicted octanol–water partition coefficient (Wildman–Crippen LogP) is 2.83. The molecule has 6 heteroatoms. The lowest BCUT2D eigenvalue weighted by atomic mass is 10.1. The van der Waals surface area contributed by atoms with E-state index in [1.54, 1.807) is 12.1 Å². The highest BCUT2D eigenvalue weighted by atomic mass is 16.4. The maximum atomic E-state index is 12.3. The molecule has 1 atom stereocenters. The fraction of sp³-hybridized carbons (Fsp3) is 0.316. The smallest absolute Gasteiger partial charge is 0.326 e. The highest BCUT2D eigenvalue weighted by molar-refractivity contribution is 5.96. The van der Waals surface area contributed by atoms with Crippen molar-refractivity contribution >= 4 is 23.4 Å². The summed E-state index contributed by atoms with van der Waals surface area (Å²) in [5, 5.41) is 11.8. The molecular weight excluding hydrogens is 318 g/mol. The molecule has 0 radical (unpaired) electrons. The number of rotatable bonds is 7. The van der Waals surface area contributed by atoms with Crippen molar-refractivity contribution in [2.75, 3.05) is 11.9 Å². The maximum Gasteiger partial charge on any atom is 0.326 e. The molecule has 2 aromatic rings. The number of aliphatic carboxylic acids is 1. The van der Waals surface area contributed by atoms with Gasteiger partial charge in [0.25, 0.3) is 5.91 Å². The topological polar surface area (TPSA) is 82.5 Å². The van der Waals surface area contributed by atoms with Crippen molar-refractivity contribution in [3.63, 3.8) is 0 Å². The van der Waals surface area contributed by atoms with Crippen molar-refractivity contribution in [3.8, 4) is 0 Å². The summed E-state index contributed by atoms with van der Waals surface area (Å²) in [7, 11) is 1.90. The lowest BCUT2D eigenvalue weighted by Crippen LogP contribution is -2.41. The van der Waals surface area contributed by atoms with E-state index in [2.05, 4.69) is 10.3 Å². The van der Waals surface area contributed by atoms with E-state index in [1.165, 1.54) is 6.20 Å². The molecule has 1 aromatic carbocycles. The molecule has 0 spiro atoms. The number of para-hydroxylation sites is 1. The Hall–Kier alpha value is -2.89. The number of carbonyl (C=O) groups excluding carboxylic acids is 1. The first kappa shape index (κ1) is 17.0. The van der Waals surface area contributed by atoms with Crippen LogP contribution in [0.25, 0.3) is 0 Å². The Labute approximate surface area is 146 Å². The van der Waals surface area contributed by atoms with E-state index in [-0.39, 0.29) is 0 Å². The van der Waals surface area contributed by atoms with E-state index in [0.717, 1.165) is 18.5 Å². The summed E-state index contributed by atoms with van der Waals surface area (Å²) >= 11 is 0. The van der Waals surface area contributed by atoms with E-state index < -0.39 is 17.9 Å². The summed E-state index contributed by atoms with van der Waals surface area (Å²) < 4.78 is 0. The zero-order valence-electron chi connectivity index (χ0n) is 14.1. The fourth-order valence-electron chi connectivity index (χ4n) is 2.65. The minimum absolute atomic E-state index is 0.354. The van der Waals surface area contributed by atoms with Gasteiger partial charge in [0.1, 0.15) is 11.9 Å². The Morgan fingerprint density at radius 3 is 2.52 bits per heavy atom. The van der Waals surface area contributed by atoms with Crippen molar-refractivity contribution in [1.29, 1.82) is 0 Å². The van der Waals surface area contributed by atoms with Crippen LogP contribution in [0.15, 0.2) is 48.7 Å². The van der Waals surface area contributed by atoms with Gasteiger partial charge in [0.05, 0.1) is 5.56 Å². The van der Waals surface area contributed by atoms with Crippen LogP contribution in [0.4, 0.5) is 11.5 Å². The van der Waals surface area contributed by atoms with E-state index in [0.29, 0.717) is 23.7 Å². The van der Waals surface area contributed by atoms with Gasteiger partial charge in [0.2, 0.25) is 0 Å². The van der Waals surface area contributed by atoms with Crippen LogP contribution in [-0.4, -0.2) is 35.1 Å². The minimum Gasteiger partial charge on any atom is -0.480 e.